The lowest BCUT2D eigenvalue weighted by molar-refractivity contribution is -0.128. The normalized spacial score (nSPS) is 24.2. The number of carbonyl (C=O) groups excluding carboxylic acids is 2. The third kappa shape index (κ3) is 4.48. The van der Waals surface area contributed by atoms with Crippen LogP contribution in [0.3, 0.4) is 0 Å². The molecule has 2 saturated heterocycles. The number of amides is 2. The Bertz CT molecular complexity index is 1290. The van der Waals surface area contributed by atoms with Gasteiger partial charge in [-0.1, -0.05) is 13.8 Å². The van der Waals surface area contributed by atoms with Crippen LogP contribution in [0.5, 0.6) is 0 Å². The van der Waals surface area contributed by atoms with Gasteiger partial charge in [0.2, 0.25) is 5.91 Å². The molecule has 5 rings (SSSR count). The number of halogens is 2. The number of nitrogens with one attached hydrogen (secondary N) is 1. The molecule has 9 heteroatoms. The molecule has 7 nitrogen and oxygen atoms in total. The van der Waals surface area contributed by atoms with Crippen molar-refractivity contribution in [2.75, 3.05) is 26.7 Å². The molecule has 3 aromatic rings. The smallest absolute Gasteiger partial charge is 0.256 e. The molecule has 3 atom stereocenters. The van der Waals surface area contributed by atoms with Crippen LogP contribution < -0.4 is 5.32 Å². The van der Waals surface area contributed by atoms with Gasteiger partial charge in [0.15, 0.2) is 0 Å². The van der Waals surface area contributed by atoms with Gasteiger partial charge in [0.25, 0.3) is 5.91 Å². The summed E-state index contributed by atoms with van der Waals surface area (Å²) in [4.78, 5) is 35.0. The van der Waals surface area contributed by atoms with Crippen LogP contribution in [0.15, 0.2) is 49.1 Å². The van der Waals surface area contributed by atoms with Gasteiger partial charge >= 0.3 is 0 Å². The van der Waals surface area contributed by atoms with Crippen molar-refractivity contribution >= 4 is 17.3 Å². The average molecular weight is 496 g/mol. The number of nitrogens with zero attached hydrogens (tertiary/aromatic N) is 4. The van der Waals surface area contributed by atoms with E-state index in [1.54, 1.807) is 34.0 Å². The summed E-state index contributed by atoms with van der Waals surface area (Å²) in [6.07, 6.45) is 6.47. The molecule has 0 aliphatic carbocycles. The van der Waals surface area contributed by atoms with E-state index >= 15 is 0 Å². The van der Waals surface area contributed by atoms with Crippen molar-refractivity contribution in [1.29, 1.82) is 0 Å². The molecule has 0 unspecified atom stereocenters. The van der Waals surface area contributed by atoms with Crippen LogP contribution in [-0.2, 0) is 4.79 Å². The number of rotatable bonds is 4. The summed E-state index contributed by atoms with van der Waals surface area (Å²) in [7, 11) is 1.93. The van der Waals surface area contributed by atoms with Crippen molar-refractivity contribution in [2.45, 2.75) is 44.7 Å². The number of fused-ring (bicyclic) bond motifs is 1. The first-order valence-electron chi connectivity index (χ1n) is 12.3. The van der Waals surface area contributed by atoms with Gasteiger partial charge in [0.1, 0.15) is 11.6 Å². The van der Waals surface area contributed by atoms with Gasteiger partial charge in [-0.15, -0.1) is 0 Å². The Hall–Kier alpha value is -3.33. The molecule has 2 aliphatic rings. The summed E-state index contributed by atoms with van der Waals surface area (Å²) in [5, 5.41) is 3.17. The minimum Gasteiger partial charge on any atom is -0.350 e. The van der Waals surface area contributed by atoms with Crippen molar-refractivity contribution in [3.8, 4) is 0 Å². The van der Waals surface area contributed by atoms with E-state index < -0.39 is 17.7 Å². The van der Waals surface area contributed by atoms with Gasteiger partial charge in [-0.2, -0.15) is 0 Å². The van der Waals surface area contributed by atoms with Crippen LogP contribution >= 0.6 is 0 Å². The zero-order valence-corrected chi connectivity index (χ0v) is 20.7. The number of likely N-dealkylation sites (N-methyl/N-ethyl adjacent to an activating group) is 1. The lowest BCUT2D eigenvalue weighted by atomic mass is 9.82. The van der Waals surface area contributed by atoms with Crippen LogP contribution in [0, 0.1) is 17.0 Å². The fourth-order valence-corrected chi connectivity index (χ4v) is 5.92. The number of benzene rings is 1. The van der Waals surface area contributed by atoms with Crippen molar-refractivity contribution in [2.24, 2.45) is 5.41 Å². The fourth-order valence-electron chi connectivity index (χ4n) is 5.92. The Labute approximate surface area is 209 Å². The number of carbonyl (C=O) groups is 2. The van der Waals surface area contributed by atoms with Crippen LogP contribution in [0.4, 0.5) is 8.78 Å². The second-order valence-electron chi connectivity index (χ2n) is 10.7. The zero-order chi connectivity index (χ0) is 25.6. The Morgan fingerprint density at radius 3 is 2.58 bits per heavy atom. The molecule has 2 fully saturated rings. The number of hydrogen-bond donors (Lipinski definition) is 1. The molecule has 0 spiro atoms. The molecule has 0 bridgehead atoms. The second kappa shape index (κ2) is 9.28. The van der Waals surface area contributed by atoms with E-state index in [1.807, 2.05) is 18.1 Å². The Morgan fingerprint density at radius 1 is 1.14 bits per heavy atom. The van der Waals surface area contributed by atoms with E-state index in [0.717, 1.165) is 19.0 Å². The van der Waals surface area contributed by atoms with Gasteiger partial charge < -0.3 is 14.6 Å². The molecule has 0 saturated carbocycles. The van der Waals surface area contributed by atoms with Crippen molar-refractivity contribution in [3.63, 3.8) is 0 Å². The van der Waals surface area contributed by atoms with Crippen LogP contribution in [-0.4, -0.2) is 69.8 Å². The van der Waals surface area contributed by atoms with E-state index in [4.69, 9.17) is 0 Å². The highest BCUT2D eigenvalue weighted by Gasteiger charge is 2.45. The van der Waals surface area contributed by atoms with Gasteiger partial charge in [-0.05, 0) is 61.7 Å². The minimum absolute atomic E-state index is 0.126. The average Bonchev–Trinajstić information content (AvgIpc) is 3.41. The maximum Gasteiger partial charge on any atom is 0.256 e. The first-order valence-corrected chi connectivity index (χ1v) is 12.3. The van der Waals surface area contributed by atoms with E-state index in [9.17, 15) is 18.4 Å². The maximum atomic E-state index is 14.1. The molecule has 1 N–H and O–H groups in total. The molecular formula is C27H31F2N5O2. The molecule has 36 heavy (non-hydrogen) atoms. The second-order valence-corrected chi connectivity index (χ2v) is 10.7. The predicted octanol–water partition coefficient (Wildman–Crippen LogP) is 3.46. The van der Waals surface area contributed by atoms with Gasteiger partial charge in [-0.3, -0.25) is 14.5 Å². The highest BCUT2D eigenvalue weighted by Crippen LogP contribution is 2.36. The third-order valence-corrected chi connectivity index (χ3v) is 7.76. The summed E-state index contributed by atoms with van der Waals surface area (Å²) < 4.78 is 30.0. The summed E-state index contributed by atoms with van der Waals surface area (Å²) in [6, 6.07) is 6.22. The highest BCUT2D eigenvalue weighted by molar-refractivity contribution is 6.00. The Morgan fingerprint density at radius 2 is 1.89 bits per heavy atom. The number of piperidine rings is 1. The predicted molar refractivity (Wildman–Crippen MR) is 132 cm³/mol. The van der Waals surface area contributed by atoms with Crippen molar-refractivity contribution in [3.05, 3.63) is 71.8 Å². The largest absolute Gasteiger partial charge is 0.350 e. The first-order chi connectivity index (χ1) is 17.1. The molecule has 0 radical (unpaired) electrons. The van der Waals surface area contributed by atoms with Crippen LogP contribution in [0.1, 0.15) is 48.5 Å². The molecule has 2 aromatic heterocycles. The van der Waals surface area contributed by atoms with Crippen LogP contribution in [0.2, 0.25) is 0 Å². The highest BCUT2D eigenvalue weighted by atomic mass is 19.1. The van der Waals surface area contributed by atoms with Gasteiger partial charge in [-0.25, -0.2) is 13.8 Å². The molecule has 2 aliphatic heterocycles. The molecule has 2 amide bonds. The quantitative estimate of drug-likeness (QED) is 0.602. The van der Waals surface area contributed by atoms with Crippen molar-refractivity contribution in [1.82, 2.24) is 24.5 Å². The summed E-state index contributed by atoms with van der Waals surface area (Å²) in [5.41, 5.74) is 1.50. The molecule has 190 valence electrons. The fraction of sp³-hybridized carbons (Fsp3) is 0.444. The van der Waals surface area contributed by atoms with E-state index in [0.29, 0.717) is 29.6 Å². The van der Waals surface area contributed by atoms with Crippen molar-refractivity contribution < 1.29 is 18.4 Å². The SMILES string of the molecule is CN1CCC(C)(C)[C@@H]1C(=O)N[C@@H]1CN(C(=O)c2cccn3cncc23)CC[C@H]1c1cc(F)cc(F)c1. The summed E-state index contributed by atoms with van der Waals surface area (Å²) in [6.45, 7) is 5.60. The van der Waals surface area contributed by atoms with Crippen LogP contribution in [0.25, 0.3) is 5.52 Å². The zero-order valence-electron chi connectivity index (χ0n) is 20.7. The molecular weight excluding hydrogens is 464 g/mol. The molecule has 1 aromatic carbocycles. The van der Waals surface area contributed by atoms with E-state index in [-0.39, 0.29) is 35.7 Å². The number of pyridine rings is 1. The number of imidazole rings is 1. The summed E-state index contributed by atoms with van der Waals surface area (Å²) in [5.74, 6) is -1.93. The van der Waals surface area contributed by atoms with E-state index in [2.05, 4.69) is 24.1 Å². The minimum atomic E-state index is -0.655. The van der Waals surface area contributed by atoms with Gasteiger partial charge in [0.05, 0.1) is 35.7 Å². The Balaban J connectivity index is 1.44. The lowest BCUT2D eigenvalue weighted by Crippen LogP contribution is -2.57. The number of hydrogen-bond acceptors (Lipinski definition) is 4. The van der Waals surface area contributed by atoms with E-state index in [1.165, 1.54) is 12.1 Å². The number of likely N-dealkylation sites (tertiary alicyclic amines) is 2. The first kappa shape index (κ1) is 24.4. The topological polar surface area (TPSA) is 70.0 Å². The van der Waals surface area contributed by atoms with Gasteiger partial charge in [0, 0.05) is 31.3 Å². The maximum absolute atomic E-state index is 14.1. The Kier molecular flexibility index (Phi) is 6.28. The monoisotopic (exact) mass is 495 g/mol. The standard InChI is InChI=1S/C27H31F2N5O2/c1-27(2)7-10-32(3)24(27)25(35)31-22-15-33(9-6-20(22)17-11-18(28)13-19(29)12-17)26(36)21-5-4-8-34-16-30-14-23(21)34/h4-5,8,11-14,16,20,22,24H,6-7,9-10,15H2,1-3H3,(H,31,35)/t20-,22+,24-/m0/s1. The molecule has 4 heterocycles. The lowest BCUT2D eigenvalue weighted by Gasteiger charge is -2.41. The number of aromatic nitrogens is 2. The third-order valence-electron chi connectivity index (χ3n) is 7.76. The summed E-state index contributed by atoms with van der Waals surface area (Å²) >= 11 is 0.